The van der Waals surface area contributed by atoms with Gasteiger partial charge in [0.1, 0.15) is 0 Å². The highest BCUT2D eigenvalue weighted by Crippen LogP contribution is 2.23. The Labute approximate surface area is 118 Å². The van der Waals surface area contributed by atoms with Crippen molar-refractivity contribution in [2.45, 2.75) is 13.0 Å². The molecule has 0 aromatic heterocycles. The lowest BCUT2D eigenvalue weighted by Gasteiger charge is -2.38. The average molecular weight is 312 g/mol. The molecule has 18 heavy (non-hydrogen) atoms. The number of nitrogens with two attached hydrogens (primary N) is 1. The first-order valence-corrected chi connectivity index (χ1v) is 7.45. The van der Waals surface area contributed by atoms with Crippen LogP contribution in [-0.4, -0.2) is 49.1 Å². The second kappa shape index (κ2) is 6.66. The molecule has 0 saturated carbocycles. The first-order valence-electron chi connectivity index (χ1n) is 6.66. The molecule has 1 aromatic carbocycles. The molecular formula is C14H22BrN3. The molecule has 1 aliphatic rings. The van der Waals surface area contributed by atoms with Gasteiger partial charge >= 0.3 is 0 Å². The van der Waals surface area contributed by atoms with Crippen LogP contribution in [0.2, 0.25) is 0 Å². The topological polar surface area (TPSA) is 32.5 Å². The molecule has 4 heteroatoms. The second-order valence-corrected chi connectivity index (χ2v) is 5.69. The molecule has 2 N–H and O–H groups in total. The van der Waals surface area contributed by atoms with Crippen molar-refractivity contribution in [2.75, 3.05) is 39.3 Å². The number of piperazine rings is 1. The lowest BCUT2D eigenvalue weighted by Crippen LogP contribution is -2.48. The van der Waals surface area contributed by atoms with Crippen LogP contribution in [0.15, 0.2) is 28.7 Å². The maximum atomic E-state index is 5.98. The standard InChI is InChI=1S/C14H22BrN3/c1-2-17-6-8-18(9-7-17)14(11-16)12-4-3-5-13(15)10-12/h3-5,10,14H,2,6-9,11,16H2,1H3. The van der Waals surface area contributed by atoms with Gasteiger partial charge in [-0.2, -0.15) is 0 Å². The normalized spacial score (nSPS) is 19.9. The van der Waals surface area contributed by atoms with E-state index in [0.717, 1.165) is 37.2 Å². The summed E-state index contributed by atoms with van der Waals surface area (Å²) >= 11 is 3.54. The molecule has 0 radical (unpaired) electrons. The SMILES string of the molecule is CCN1CCN(C(CN)c2cccc(Br)c2)CC1. The monoisotopic (exact) mass is 311 g/mol. The Morgan fingerprint density at radius 2 is 2.00 bits per heavy atom. The zero-order valence-corrected chi connectivity index (χ0v) is 12.6. The first kappa shape index (κ1) is 14.0. The first-order chi connectivity index (χ1) is 8.74. The van der Waals surface area contributed by atoms with Gasteiger partial charge in [-0.25, -0.2) is 0 Å². The summed E-state index contributed by atoms with van der Waals surface area (Å²) in [7, 11) is 0. The van der Waals surface area contributed by atoms with Crippen molar-refractivity contribution in [3.05, 3.63) is 34.3 Å². The summed E-state index contributed by atoms with van der Waals surface area (Å²) in [6, 6.07) is 8.86. The Morgan fingerprint density at radius 1 is 1.28 bits per heavy atom. The van der Waals surface area contributed by atoms with Crippen molar-refractivity contribution in [1.82, 2.24) is 9.80 Å². The van der Waals surface area contributed by atoms with E-state index in [1.165, 1.54) is 5.56 Å². The van der Waals surface area contributed by atoms with E-state index in [9.17, 15) is 0 Å². The van der Waals surface area contributed by atoms with E-state index in [1.54, 1.807) is 0 Å². The van der Waals surface area contributed by atoms with Gasteiger partial charge in [-0.3, -0.25) is 4.90 Å². The van der Waals surface area contributed by atoms with Crippen LogP contribution in [0.25, 0.3) is 0 Å². The lowest BCUT2D eigenvalue weighted by atomic mass is 10.0. The van der Waals surface area contributed by atoms with Gasteiger partial charge in [-0.15, -0.1) is 0 Å². The minimum atomic E-state index is 0.349. The van der Waals surface area contributed by atoms with E-state index in [-0.39, 0.29) is 0 Å². The third-order valence-corrected chi connectivity index (χ3v) is 4.24. The zero-order chi connectivity index (χ0) is 13.0. The molecule has 1 atom stereocenters. The van der Waals surface area contributed by atoms with Crippen molar-refractivity contribution >= 4 is 15.9 Å². The smallest absolute Gasteiger partial charge is 0.0471 e. The molecular weight excluding hydrogens is 290 g/mol. The highest BCUT2D eigenvalue weighted by Gasteiger charge is 2.23. The van der Waals surface area contributed by atoms with Gasteiger partial charge < -0.3 is 10.6 Å². The quantitative estimate of drug-likeness (QED) is 0.924. The van der Waals surface area contributed by atoms with Crippen LogP contribution in [0, 0.1) is 0 Å². The van der Waals surface area contributed by atoms with Gasteiger partial charge in [0.15, 0.2) is 0 Å². The molecule has 1 aromatic rings. The minimum absolute atomic E-state index is 0.349. The summed E-state index contributed by atoms with van der Waals surface area (Å²) < 4.78 is 1.13. The number of nitrogens with zero attached hydrogens (tertiary/aromatic N) is 2. The highest BCUT2D eigenvalue weighted by atomic mass is 79.9. The van der Waals surface area contributed by atoms with E-state index in [1.807, 2.05) is 0 Å². The van der Waals surface area contributed by atoms with Crippen molar-refractivity contribution in [2.24, 2.45) is 5.73 Å². The Hall–Kier alpha value is -0.420. The molecule has 0 spiro atoms. The van der Waals surface area contributed by atoms with Crippen LogP contribution in [-0.2, 0) is 0 Å². The van der Waals surface area contributed by atoms with Crippen molar-refractivity contribution in [3.8, 4) is 0 Å². The summed E-state index contributed by atoms with van der Waals surface area (Å²) in [4.78, 5) is 5.00. The number of benzene rings is 1. The molecule has 1 heterocycles. The van der Waals surface area contributed by atoms with Gasteiger partial charge in [0.05, 0.1) is 0 Å². The molecule has 0 amide bonds. The molecule has 100 valence electrons. The summed E-state index contributed by atoms with van der Waals surface area (Å²) in [5, 5.41) is 0. The van der Waals surface area contributed by atoms with Gasteiger partial charge in [0.2, 0.25) is 0 Å². The number of hydrogen-bond donors (Lipinski definition) is 1. The molecule has 0 aliphatic carbocycles. The van der Waals surface area contributed by atoms with Gasteiger partial charge in [-0.1, -0.05) is 35.0 Å². The number of halogens is 1. The fourth-order valence-corrected chi connectivity index (χ4v) is 3.02. The molecule has 1 fully saturated rings. The Kier molecular flexibility index (Phi) is 5.18. The maximum absolute atomic E-state index is 5.98. The van der Waals surface area contributed by atoms with E-state index in [4.69, 9.17) is 5.73 Å². The predicted molar refractivity (Wildman–Crippen MR) is 79.6 cm³/mol. The van der Waals surface area contributed by atoms with E-state index < -0.39 is 0 Å². The minimum Gasteiger partial charge on any atom is -0.329 e. The van der Waals surface area contributed by atoms with Gasteiger partial charge in [0.25, 0.3) is 0 Å². The average Bonchev–Trinajstić information content (AvgIpc) is 2.40. The molecule has 1 unspecified atom stereocenters. The predicted octanol–water partition coefficient (Wildman–Crippen LogP) is 2.09. The number of hydrogen-bond acceptors (Lipinski definition) is 3. The Morgan fingerprint density at radius 3 is 2.56 bits per heavy atom. The maximum Gasteiger partial charge on any atom is 0.0471 e. The molecule has 0 bridgehead atoms. The molecule has 1 saturated heterocycles. The summed E-state index contributed by atoms with van der Waals surface area (Å²) in [5.74, 6) is 0. The second-order valence-electron chi connectivity index (χ2n) is 4.78. The summed E-state index contributed by atoms with van der Waals surface area (Å²) in [6.45, 7) is 8.59. The van der Waals surface area contributed by atoms with Gasteiger partial charge in [0, 0.05) is 43.2 Å². The van der Waals surface area contributed by atoms with Crippen molar-refractivity contribution < 1.29 is 0 Å². The fraction of sp³-hybridized carbons (Fsp3) is 0.571. The van der Waals surface area contributed by atoms with E-state index in [0.29, 0.717) is 12.6 Å². The van der Waals surface area contributed by atoms with Crippen LogP contribution in [0.4, 0.5) is 0 Å². The van der Waals surface area contributed by atoms with Gasteiger partial charge in [-0.05, 0) is 24.2 Å². The zero-order valence-electron chi connectivity index (χ0n) is 11.0. The van der Waals surface area contributed by atoms with E-state index in [2.05, 4.69) is 56.9 Å². The Bertz CT molecular complexity index is 375. The summed E-state index contributed by atoms with van der Waals surface area (Å²) in [5.41, 5.74) is 7.30. The van der Waals surface area contributed by atoms with Crippen LogP contribution in [0.5, 0.6) is 0 Å². The van der Waals surface area contributed by atoms with Crippen LogP contribution < -0.4 is 5.73 Å². The number of rotatable bonds is 4. The van der Waals surface area contributed by atoms with Crippen LogP contribution in [0.3, 0.4) is 0 Å². The molecule has 3 nitrogen and oxygen atoms in total. The van der Waals surface area contributed by atoms with Crippen molar-refractivity contribution in [1.29, 1.82) is 0 Å². The van der Waals surface area contributed by atoms with Crippen molar-refractivity contribution in [3.63, 3.8) is 0 Å². The summed E-state index contributed by atoms with van der Waals surface area (Å²) in [6.07, 6.45) is 0. The highest BCUT2D eigenvalue weighted by molar-refractivity contribution is 9.10. The fourth-order valence-electron chi connectivity index (χ4n) is 2.60. The third kappa shape index (κ3) is 3.32. The number of likely N-dealkylation sites (N-methyl/N-ethyl adjacent to an activating group) is 1. The van der Waals surface area contributed by atoms with Crippen LogP contribution in [0.1, 0.15) is 18.5 Å². The van der Waals surface area contributed by atoms with Crippen LogP contribution >= 0.6 is 15.9 Å². The Balaban J connectivity index is 2.05. The molecule has 1 aliphatic heterocycles. The van der Waals surface area contributed by atoms with E-state index >= 15 is 0 Å². The largest absolute Gasteiger partial charge is 0.329 e. The lowest BCUT2D eigenvalue weighted by molar-refractivity contribution is 0.102. The third-order valence-electron chi connectivity index (χ3n) is 3.75. The molecule has 2 rings (SSSR count).